The third-order valence-electron chi connectivity index (χ3n) is 2.65. The molecule has 0 fully saturated rings. The van der Waals surface area contributed by atoms with Crippen molar-refractivity contribution in [3.63, 3.8) is 0 Å². The Labute approximate surface area is 104 Å². The van der Waals surface area contributed by atoms with Crippen LogP contribution in [0.2, 0.25) is 0 Å². The second-order valence-corrected chi connectivity index (χ2v) is 4.41. The number of aromatic nitrogens is 4. The molecule has 88 valence electrons. The van der Waals surface area contributed by atoms with Crippen molar-refractivity contribution < 1.29 is 4.74 Å². The highest BCUT2D eigenvalue weighted by molar-refractivity contribution is 9.10. The van der Waals surface area contributed by atoms with Crippen LogP contribution in [0.1, 0.15) is 12.2 Å². The summed E-state index contributed by atoms with van der Waals surface area (Å²) in [6.45, 7) is 1.24. The van der Waals surface area contributed by atoms with E-state index in [-0.39, 0.29) is 5.56 Å². The van der Waals surface area contributed by atoms with Crippen molar-refractivity contribution in [2.45, 2.75) is 6.42 Å². The highest BCUT2D eigenvalue weighted by Gasteiger charge is 2.17. The van der Waals surface area contributed by atoms with E-state index in [1.807, 2.05) is 6.08 Å². The maximum Gasteiger partial charge on any atom is 0.277 e. The maximum atomic E-state index is 11.7. The van der Waals surface area contributed by atoms with Crippen LogP contribution in [0.25, 0.3) is 11.1 Å². The average molecular weight is 297 g/mol. The number of imidazole rings is 1. The van der Waals surface area contributed by atoms with Crippen LogP contribution in [0.4, 0.5) is 0 Å². The normalized spacial score (nSPS) is 16.2. The number of hydrogen-bond donors (Lipinski definition) is 1. The van der Waals surface area contributed by atoms with E-state index in [0.717, 1.165) is 12.0 Å². The zero-order valence-electron chi connectivity index (χ0n) is 8.81. The van der Waals surface area contributed by atoms with Crippen molar-refractivity contribution in [3.05, 3.63) is 33.2 Å². The van der Waals surface area contributed by atoms with Crippen LogP contribution in [0, 0.1) is 0 Å². The second-order valence-electron chi connectivity index (χ2n) is 3.66. The van der Waals surface area contributed by atoms with Gasteiger partial charge in [-0.1, -0.05) is 6.08 Å². The summed E-state index contributed by atoms with van der Waals surface area (Å²) < 4.78 is 7.31. The van der Waals surface area contributed by atoms with Crippen molar-refractivity contribution >= 4 is 27.0 Å². The van der Waals surface area contributed by atoms with Crippen LogP contribution in [0.3, 0.4) is 0 Å². The van der Waals surface area contributed by atoms with Crippen molar-refractivity contribution in [1.82, 2.24) is 19.6 Å². The fourth-order valence-electron chi connectivity index (χ4n) is 1.84. The molecule has 0 atom stereocenters. The van der Waals surface area contributed by atoms with E-state index < -0.39 is 0 Å². The molecule has 0 unspecified atom stereocenters. The molecule has 1 aliphatic rings. The minimum absolute atomic E-state index is 0.210. The fraction of sp³-hybridized carbons (Fsp3) is 0.300. The summed E-state index contributed by atoms with van der Waals surface area (Å²) in [5, 5.41) is 4.12. The lowest BCUT2D eigenvalue weighted by Crippen LogP contribution is -2.13. The number of aromatic amines is 1. The fourth-order valence-corrected chi connectivity index (χ4v) is 2.36. The Morgan fingerprint density at radius 2 is 2.41 bits per heavy atom. The number of halogens is 1. The first-order valence-corrected chi connectivity index (χ1v) is 5.96. The summed E-state index contributed by atoms with van der Waals surface area (Å²) >= 11 is 3.28. The summed E-state index contributed by atoms with van der Waals surface area (Å²) in [4.78, 5) is 18.5. The second kappa shape index (κ2) is 4.08. The summed E-state index contributed by atoms with van der Waals surface area (Å²) in [6, 6.07) is 0. The van der Waals surface area contributed by atoms with Crippen LogP contribution in [0.15, 0.2) is 21.8 Å². The monoisotopic (exact) mass is 296 g/mol. The van der Waals surface area contributed by atoms with E-state index in [0.29, 0.717) is 29.2 Å². The Morgan fingerprint density at radius 3 is 3.18 bits per heavy atom. The van der Waals surface area contributed by atoms with E-state index >= 15 is 0 Å². The largest absolute Gasteiger partial charge is 0.377 e. The molecule has 0 aromatic carbocycles. The number of fused-ring (bicyclic) bond motifs is 1. The third kappa shape index (κ3) is 1.71. The molecule has 0 amide bonds. The molecule has 2 aromatic rings. The van der Waals surface area contributed by atoms with Crippen molar-refractivity contribution in [3.8, 4) is 0 Å². The first-order valence-electron chi connectivity index (χ1n) is 5.16. The van der Waals surface area contributed by atoms with Gasteiger partial charge in [-0.05, 0) is 27.9 Å². The van der Waals surface area contributed by atoms with Crippen molar-refractivity contribution in [2.75, 3.05) is 13.2 Å². The highest BCUT2D eigenvalue weighted by atomic mass is 79.9. The predicted molar refractivity (Wildman–Crippen MR) is 64.7 cm³/mol. The molecule has 1 aliphatic heterocycles. The van der Waals surface area contributed by atoms with Gasteiger partial charge in [0.15, 0.2) is 11.3 Å². The SMILES string of the molecule is O=c1[nH]cnn2c(C3=CCOCC3)nc(Br)c12. The number of H-pyrrole nitrogens is 1. The molecule has 6 nitrogen and oxygen atoms in total. The highest BCUT2D eigenvalue weighted by Crippen LogP contribution is 2.23. The van der Waals surface area contributed by atoms with E-state index in [4.69, 9.17) is 4.74 Å². The molecule has 0 saturated heterocycles. The summed E-state index contributed by atoms with van der Waals surface area (Å²) in [5.74, 6) is 0.696. The summed E-state index contributed by atoms with van der Waals surface area (Å²) in [7, 11) is 0. The van der Waals surface area contributed by atoms with Gasteiger partial charge in [-0.25, -0.2) is 9.50 Å². The van der Waals surface area contributed by atoms with Gasteiger partial charge in [0, 0.05) is 0 Å². The van der Waals surface area contributed by atoms with Gasteiger partial charge in [0.1, 0.15) is 10.9 Å². The van der Waals surface area contributed by atoms with Crippen LogP contribution in [-0.2, 0) is 4.74 Å². The van der Waals surface area contributed by atoms with Gasteiger partial charge in [0.05, 0.1) is 13.2 Å². The van der Waals surface area contributed by atoms with Gasteiger partial charge in [-0.3, -0.25) is 4.79 Å². The topological polar surface area (TPSA) is 72.3 Å². The van der Waals surface area contributed by atoms with E-state index in [2.05, 4.69) is 31.0 Å². The Bertz CT molecular complexity index is 658. The van der Waals surface area contributed by atoms with Crippen LogP contribution < -0.4 is 5.56 Å². The van der Waals surface area contributed by atoms with Crippen LogP contribution in [-0.4, -0.2) is 32.8 Å². The van der Waals surface area contributed by atoms with E-state index in [1.165, 1.54) is 6.33 Å². The lowest BCUT2D eigenvalue weighted by molar-refractivity contribution is 0.161. The van der Waals surface area contributed by atoms with Gasteiger partial charge >= 0.3 is 0 Å². The Balaban J connectivity index is 2.27. The number of ether oxygens (including phenoxy) is 1. The third-order valence-corrected chi connectivity index (χ3v) is 3.20. The van der Waals surface area contributed by atoms with Crippen molar-refractivity contribution in [2.24, 2.45) is 0 Å². The molecule has 7 heteroatoms. The summed E-state index contributed by atoms with van der Waals surface area (Å²) in [5.41, 5.74) is 1.27. The van der Waals surface area contributed by atoms with Gasteiger partial charge in [0.25, 0.3) is 5.56 Å². The number of hydrogen-bond acceptors (Lipinski definition) is 4. The minimum Gasteiger partial charge on any atom is -0.377 e. The number of nitrogens with one attached hydrogen (secondary N) is 1. The molecule has 1 N–H and O–H groups in total. The minimum atomic E-state index is -0.210. The number of nitrogens with zero attached hydrogens (tertiary/aromatic N) is 3. The molecule has 0 radical (unpaired) electrons. The lowest BCUT2D eigenvalue weighted by atomic mass is 10.1. The first kappa shape index (κ1) is 10.7. The molecule has 3 heterocycles. The predicted octanol–water partition coefficient (Wildman–Crippen LogP) is 0.984. The lowest BCUT2D eigenvalue weighted by Gasteiger charge is -2.11. The van der Waals surface area contributed by atoms with E-state index in [9.17, 15) is 4.79 Å². The van der Waals surface area contributed by atoms with Gasteiger partial charge in [0.2, 0.25) is 0 Å². The Hall–Kier alpha value is -1.47. The zero-order chi connectivity index (χ0) is 11.8. The molecule has 0 spiro atoms. The summed E-state index contributed by atoms with van der Waals surface area (Å²) in [6.07, 6.45) is 4.11. The average Bonchev–Trinajstić information content (AvgIpc) is 2.69. The smallest absolute Gasteiger partial charge is 0.277 e. The maximum absolute atomic E-state index is 11.7. The van der Waals surface area contributed by atoms with Crippen molar-refractivity contribution in [1.29, 1.82) is 0 Å². The van der Waals surface area contributed by atoms with E-state index in [1.54, 1.807) is 4.52 Å². The molecule has 0 bridgehead atoms. The molecule has 0 aliphatic carbocycles. The number of rotatable bonds is 1. The van der Waals surface area contributed by atoms with Crippen LogP contribution in [0.5, 0.6) is 0 Å². The van der Waals surface area contributed by atoms with Gasteiger partial charge in [-0.15, -0.1) is 0 Å². The molecule has 17 heavy (non-hydrogen) atoms. The Morgan fingerprint density at radius 1 is 1.53 bits per heavy atom. The quantitative estimate of drug-likeness (QED) is 0.852. The molecule has 0 saturated carbocycles. The van der Waals surface area contributed by atoms with Gasteiger partial charge < -0.3 is 9.72 Å². The standard InChI is InChI=1S/C10H9BrN4O2/c11-8-7-10(16)12-5-13-15(7)9(14-8)6-1-3-17-4-2-6/h1,5H,2-4H2,(H,12,13,16). The molecule has 2 aromatic heterocycles. The molecule has 3 rings (SSSR count). The first-order chi connectivity index (χ1) is 8.27. The van der Waals surface area contributed by atoms with Gasteiger partial charge in [-0.2, -0.15) is 5.10 Å². The zero-order valence-corrected chi connectivity index (χ0v) is 10.4. The molecular formula is C10H9BrN4O2. The van der Waals surface area contributed by atoms with Crippen LogP contribution >= 0.6 is 15.9 Å². The molecular weight excluding hydrogens is 288 g/mol. The Kier molecular flexibility index (Phi) is 2.56.